The fraction of sp³-hybridized carbons (Fsp3) is 0.750. The number of piperidine rings is 1. The quantitative estimate of drug-likeness (QED) is 0.873. The molecule has 1 fully saturated rings. The molecule has 5 nitrogen and oxygen atoms in total. The number of hydrogen-bond donors (Lipinski definition) is 1. The van der Waals surface area contributed by atoms with Crippen molar-refractivity contribution < 1.29 is 4.74 Å². The standard InChI is InChI=1S/C16H28N4O/c1-5-17-14-9-15(19-16(18-14)12(2)3)20-8-6-7-13(10-20)11-21-4/h9,12-13H,5-8,10-11H2,1-4H3,(H,17,18,19). The zero-order valence-corrected chi connectivity index (χ0v) is 13.7. The van der Waals surface area contributed by atoms with Gasteiger partial charge in [0.05, 0.1) is 6.61 Å². The second-order valence-corrected chi connectivity index (χ2v) is 6.06. The van der Waals surface area contributed by atoms with Gasteiger partial charge in [0.15, 0.2) is 0 Å². The largest absolute Gasteiger partial charge is 0.384 e. The summed E-state index contributed by atoms with van der Waals surface area (Å²) in [6.07, 6.45) is 2.44. The van der Waals surface area contributed by atoms with Crippen LogP contribution >= 0.6 is 0 Å². The number of ether oxygens (including phenoxy) is 1. The van der Waals surface area contributed by atoms with Gasteiger partial charge in [0.2, 0.25) is 0 Å². The van der Waals surface area contributed by atoms with Crippen molar-refractivity contribution in [3.63, 3.8) is 0 Å². The van der Waals surface area contributed by atoms with E-state index in [9.17, 15) is 0 Å². The van der Waals surface area contributed by atoms with E-state index in [0.29, 0.717) is 11.8 Å². The van der Waals surface area contributed by atoms with Crippen LogP contribution in [0, 0.1) is 5.92 Å². The molecule has 0 bridgehead atoms. The Hall–Kier alpha value is -1.36. The van der Waals surface area contributed by atoms with Crippen LogP contribution in [-0.2, 0) is 4.74 Å². The molecule has 118 valence electrons. The molecule has 1 aliphatic heterocycles. The lowest BCUT2D eigenvalue weighted by molar-refractivity contribution is 0.143. The average molecular weight is 292 g/mol. The van der Waals surface area contributed by atoms with Crippen LogP contribution in [0.4, 0.5) is 11.6 Å². The SMILES string of the molecule is CCNc1cc(N2CCCC(COC)C2)nc(C(C)C)n1. The van der Waals surface area contributed by atoms with E-state index in [0.717, 1.165) is 43.7 Å². The Labute approximate surface area is 128 Å². The first-order valence-electron chi connectivity index (χ1n) is 8.00. The molecule has 1 saturated heterocycles. The molecule has 2 heterocycles. The fourth-order valence-electron chi connectivity index (χ4n) is 2.79. The highest BCUT2D eigenvalue weighted by atomic mass is 16.5. The van der Waals surface area contributed by atoms with Crippen LogP contribution < -0.4 is 10.2 Å². The molecule has 0 radical (unpaired) electrons. The lowest BCUT2D eigenvalue weighted by Crippen LogP contribution is -2.37. The second kappa shape index (κ2) is 7.59. The van der Waals surface area contributed by atoms with Gasteiger partial charge in [-0.05, 0) is 25.7 Å². The summed E-state index contributed by atoms with van der Waals surface area (Å²) in [6, 6.07) is 2.07. The molecule has 0 aliphatic carbocycles. The Morgan fingerprint density at radius 2 is 2.24 bits per heavy atom. The average Bonchev–Trinajstić information content (AvgIpc) is 2.48. The Bertz CT molecular complexity index is 448. The van der Waals surface area contributed by atoms with Gasteiger partial charge < -0.3 is 15.0 Å². The summed E-state index contributed by atoms with van der Waals surface area (Å²) < 4.78 is 5.32. The van der Waals surface area contributed by atoms with E-state index in [1.807, 2.05) is 0 Å². The summed E-state index contributed by atoms with van der Waals surface area (Å²) in [5, 5.41) is 3.32. The van der Waals surface area contributed by atoms with Gasteiger partial charge in [-0.2, -0.15) is 0 Å². The van der Waals surface area contributed by atoms with Crippen molar-refractivity contribution >= 4 is 11.6 Å². The van der Waals surface area contributed by atoms with Crippen molar-refractivity contribution in [1.82, 2.24) is 9.97 Å². The molecule has 1 aromatic rings. The van der Waals surface area contributed by atoms with E-state index in [1.54, 1.807) is 7.11 Å². The zero-order valence-electron chi connectivity index (χ0n) is 13.7. The first kappa shape index (κ1) is 16.0. The summed E-state index contributed by atoms with van der Waals surface area (Å²) in [5.41, 5.74) is 0. The van der Waals surface area contributed by atoms with Crippen LogP contribution in [0.5, 0.6) is 0 Å². The first-order chi connectivity index (χ1) is 10.1. The molecule has 1 aromatic heterocycles. The molecular formula is C16H28N4O. The molecule has 0 spiro atoms. The summed E-state index contributed by atoms with van der Waals surface area (Å²) >= 11 is 0. The first-order valence-corrected chi connectivity index (χ1v) is 8.00. The molecule has 1 aliphatic rings. The van der Waals surface area contributed by atoms with E-state index in [1.165, 1.54) is 12.8 Å². The van der Waals surface area contributed by atoms with Gasteiger partial charge in [0.25, 0.3) is 0 Å². The van der Waals surface area contributed by atoms with E-state index >= 15 is 0 Å². The van der Waals surface area contributed by atoms with Crippen LogP contribution in [0.2, 0.25) is 0 Å². The van der Waals surface area contributed by atoms with Crippen molar-refractivity contribution in [2.45, 2.75) is 39.5 Å². The van der Waals surface area contributed by atoms with Gasteiger partial charge in [-0.1, -0.05) is 13.8 Å². The Morgan fingerprint density at radius 1 is 1.43 bits per heavy atom. The fourth-order valence-corrected chi connectivity index (χ4v) is 2.79. The number of nitrogens with one attached hydrogen (secondary N) is 1. The number of aromatic nitrogens is 2. The summed E-state index contributed by atoms with van der Waals surface area (Å²) in [7, 11) is 1.78. The summed E-state index contributed by atoms with van der Waals surface area (Å²) in [6.45, 7) is 10.2. The minimum atomic E-state index is 0.335. The molecule has 0 saturated carbocycles. The van der Waals surface area contributed by atoms with Gasteiger partial charge in [-0.25, -0.2) is 9.97 Å². The van der Waals surface area contributed by atoms with Gasteiger partial charge in [-0.15, -0.1) is 0 Å². The van der Waals surface area contributed by atoms with Crippen LogP contribution in [0.25, 0.3) is 0 Å². The Balaban J connectivity index is 2.20. The number of rotatable bonds is 6. The molecule has 1 N–H and O–H groups in total. The smallest absolute Gasteiger partial charge is 0.135 e. The van der Waals surface area contributed by atoms with E-state index < -0.39 is 0 Å². The third-order valence-electron chi connectivity index (χ3n) is 3.85. The third kappa shape index (κ3) is 4.30. The van der Waals surface area contributed by atoms with E-state index in [-0.39, 0.29) is 0 Å². The summed E-state index contributed by atoms with van der Waals surface area (Å²) in [4.78, 5) is 11.7. The molecule has 0 amide bonds. The molecule has 5 heteroatoms. The number of methoxy groups -OCH3 is 1. The van der Waals surface area contributed by atoms with E-state index in [2.05, 4.69) is 42.0 Å². The second-order valence-electron chi connectivity index (χ2n) is 6.06. The van der Waals surface area contributed by atoms with Crippen molar-refractivity contribution in [3.05, 3.63) is 11.9 Å². The van der Waals surface area contributed by atoms with Crippen LogP contribution in [-0.4, -0.2) is 43.3 Å². The predicted octanol–water partition coefficient (Wildman–Crippen LogP) is 2.89. The highest BCUT2D eigenvalue weighted by Gasteiger charge is 2.22. The molecule has 21 heavy (non-hydrogen) atoms. The van der Waals surface area contributed by atoms with Gasteiger partial charge in [0.1, 0.15) is 17.5 Å². The lowest BCUT2D eigenvalue weighted by atomic mass is 9.99. The maximum Gasteiger partial charge on any atom is 0.135 e. The molecule has 1 atom stereocenters. The van der Waals surface area contributed by atoms with Crippen molar-refractivity contribution in [2.75, 3.05) is 43.6 Å². The lowest BCUT2D eigenvalue weighted by Gasteiger charge is -2.33. The zero-order chi connectivity index (χ0) is 15.2. The van der Waals surface area contributed by atoms with Crippen molar-refractivity contribution in [3.8, 4) is 0 Å². The highest BCUT2D eigenvalue weighted by molar-refractivity contribution is 5.50. The molecule has 1 unspecified atom stereocenters. The minimum Gasteiger partial charge on any atom is -0.384 e. The maximum atomic E-state index is 5.32. The third-order valence-corrected chi connectivity index (χ3v) is 3.85. The monoisotopic (exact) mass is 292 g/mol. The van der Waals surface area contributed by atoms with Gasteiger partial charge >= 0.3 is 0 Å². The van der Waals surface area contributed by atoms with Crippen LogP contribution in [0.15, 0.2) is 6.07 Å². The van der Waals surface area contributed by atoms with Gasteiger partial charge in [-0.3, -0.25) is 0 Å². The summed E-state index contributed by atoms with van der Waals surface area (Å²) in [5.74, 6) is 3.83. The van der Waals surface area contributed by atoms with Crippen LogP contribution in [0.3, 0.4) is 0 Å². The number of nitrogens with zero attached hydrogens (tertiary/aromatic N) is 3. The topological polar surface area (TPSA) is 50.3 Å². The Kier molecular flexibility index (Phi) is 5.79. The minimum absolute atomic E-state index is 0.335. The molecule has 0 aromatic carbocycles. The van der Waals surface area contributed by atoms with Crippen molar-refractivity contribution in [1.29, 1.82) is 0 Å². The van der Waals surface area contributed by atoms with Crippen LogP contribution in [0.1, 0.15) is 45.4 Å². The Morgan fingerprint density at radius 3 is 2.90 bits per heavy atom. The predicted molar refractivity (Wildman–Crippen MR) is 87.1 cm³/mol. The maximum absolute atomic E-state index is 5.32. The van der Waals surface area contributed by atoms with E-state index in [4.69, 9.17) is 9.72 Å². The molecule has 2 rings (SSSR count). The highest BCUT2D eigenvalue weighted by Crippen LogP contribution is 2.25. The number of anilines is 2. The molecular weight excluding hydrogens is 264 g/mol. The van der Waals surface area contributed by atoms with Crippen molar-refractivity contribution in [2.24, 2.45) is 5.92 Å². The normalized spacial score (nSPS) is 19.1. The van der Waals surface area contributed by atoms with Gasteiger partial charge in [0, 0.05) is 38.7 Å². The number of hydrogen-bond acceptors (Lipinski definition) is 5.